The Hall–Kier alpha value is -1.97. The lowest BCUT2D eigenvalue weighted by Crippen LogP contribution is -2.40. The first-order chi connectivity index (χ1) is 11.7. The number of carbonyl (C=O) groups excluding carboxylic acids is 2. The number of amides is 1. The van der Waals surface area contributed by atoms with E-state index in [9.17, 15) is 18.0 Å². The molecule has 1 atom stereocenters. The van der Waals surface area contributed by atoms with Crippen LogP contribution in [0.25, 0.3) is 0 Å². The van der Waals surface area contributed by atoms with Crippen molar-refractivity contribution in [2.75, 3.05) is 40.4 Å². The van der Waals surface area contributed by atoms with E-state index in [0.717, 1.165) is 0 Å². The number of nitrogens with zero attached hydrogens (tertiary/aromatic N) is 2. The second-order valence-electron chi connectivity index (χ2n) is 5.82. The Labute approximate surface area is 147 Å². The molecule has 1 amide bonds. The van der Waals surface area contributed by atoms with Crippen molar-refractivity contribution in [3.05, 3.63) is 29.8 Å². The van der Waals surface area contributed by atoms with Gasteiger partial charge in [0.05, 0.1) is 23.7 Å². The summed E-state index contributed by atoms with van der Waals surface area (Å²) in [4.78, 5) is 25.3. The second kappa shape index (κ2) is 7.94. The molecule has 0 radical (unpaired) electrons. The lowest BCUT2D eigenvalue weighted by Gasteiger charge is -2.26. The normalized spacial score (nSPS) is 16.9. The Morgan fingerprint density at radius 2 is 1.88 bits per heavy atom. The Morgan fingerprint density at radius 1 is 1.24 bits per heavy atom. The van der Waals surface area contributed by atoms with Gasteiger partial charge in [0.1, 0.15) is 0 Å². The van der Waals surface area contributed by atoms with E-state index in [1.807, 2.05) is 0 Å². The first kappa shape index (κ1) is 19.4. The maximum Gasteiger partial charge on any atom is 0.338 e. The van der Waals surface area contributed by atoms with E-state index >= 15 is 0 Å². The molecule has 1 aliphatic rings. The second-order valence-corrected chi connectivity index (χ2v) is 7.76. The van der Waals surface area contributed by atoms with Crippen molar-refractivity contribution in [1.82, 2.24) is 9.21 Å². The third kappa shape index (κ3) is 4.56. The van der Waals surface area contributed by atoms with Crippen molar-refractivity contribution in [1.29, 1.82) is 0 Å². The van der Waals surface area contributed by atoms with Gasteiger partial charge in [0.15, 0.2) is 6.10 Å². The van der Waals surface area contributed by atoms with Gasteiger partial charge < -0.3 is 14.4 Å². The van der Waals surface area contributed by atoms with Crippen LogP contribution in [0.2, 0.25) is 0 Å². The Balaban J connectivity index is 2.17. The number of rotatable bonds is 5. The van der Waals surface area contributed by atoms with Crippen LogP contribution >= 0.6 is 0 Å². The summed E-state index contributed by atoms with van der Waals surface area (Å²) in [5.74, 6) is -1.10. The number of sulfonamides is 1. The quantitative estimate of drug-likeness (QED) is 0.694. The molecule has 0 aromatic heterocycles. The summed E-state index contributed by atoms with van der Waals surface area (Å²) in [7, 11) is -0.590. The first-order valence-electron chi connectivity index (χ1n) is 7.83. The minimum atomic E-state index is -3.71. The van der Waals surface area contributed by atoms with Crippen molar-refractivity contribution in [2.24, 2.45) is 0 Å². The van der Waals surface area contributed by atoms with E-state index in [1.165, 1.54) is 40.4 Å². The summed E-state index contributed by atoms with van der Waals surface area (Å²) in [6.45, 7) is 2.68. The van der Waals surface area contributed by atoms with Crippen LogP contribution in [-0.2, 0) is 24.3 Å². The van der Waals surface area contributed by atoms with Gasteiger partial charge in [0.2, 0.25) is 10.0 Å². The molecular formula is C16H22N2O6S. The van der Waals surface area contributed by atoms with Crippen molar-refractivity contribution < 1.29 is 27.5 Å². The van der Waals surface area contributed by atoms with Crippen LogP contribution in [0.3, 0.4) is 0 Å². The minimum absolute atomic E-state index is 0.00967. The fourth-order valence-electron chi connectivity index (χ4n) is 2.36. The summed E-state index contributed by atoms with van der Waals surface area (Å²) < 4.78 is 36.9. The third-order valence-electron chi connectivity index (χ3n) is 3.75. The van der Waals surface area contributed by atoms with E-state index in [0.29, 0.717) is 13.2 Å². The molecule has 0 aliphatic carbocycles. The van der Waals surface area contributed by atoms with Gasteiger partial charge in [-0.1, -0.05) is 6.07 Å². The van der Waals surface area contributed by atoms with Gasteiger partial charge >= 0.3 is 5.97 Å². The van der Waals surface area contributed by atoms with Crippen molar-refractivity contribution in [2.45, 2.75) is 17.9 Å². The van der Waals surface area contributed by atoms with Gasteiger partial charge in [-0.3, -0.25) is 4.79 Å². The number of hydrogen-bond donors (Lipinski definition) is 0. The average molecular weight is 370 g/mol. The molecule has 8 nitrogen and oxygen atoms in total. The van der Waals surface area contributed by atoms with E-state index in [2.05, 4.69) is 0 Å². The number of morpholine rings is 1. The fourth-order valence-corrected chi connectivity index (χ4v) is 3.82. The molecule has 2 rings (SSSR count). The van der Waals surface area contributed by atoms with E-state index in [4.69, 9.17) is 9.47 Å². The lowest BCUT2D eigenvalue weighted by atomic mass is 10.2. The zero-order chi connectivity index (χ0) is 18.6. The molecule has 1 aromatic rings. The van der Waals surface area contributed by atoms with Crippen LogP contribution in [0.1, 0.15) is 17.3 Å². The largest absolute Gasteiger partial charge is 0.449 e. The average Bonchev–Trinajstić information content (AvgIpc) is 2.61. The highest BCUT2D eigenvalue weighted by Crippen LogP contribution is 2.19. The molecule has 1 heterocycles. The summed E-state index contributed by atoms with van der Waals surface area (Å²) in [5.41, 5.74) is 0.0766. The SMILES string of the molecule is C[C@H](OC(=O)c1cccc(S(=O)(=O)N2CCOCC2)c1)C(=O)N(C)C. The Morgan fingerprint density at radius 3 is 2.48 bits per heavy atom. The van der Waals surface area contributed by atoms with Gasteiger partial charge in [-0.05, 0) is 25.1 Å². The van der Waals surface area contributed by atoms with E-state index in [1.54, 1.807) is 14.1 Å². The van der Waals surface area contributed by atoms with Crippen LogP contribution in [0, 0.1) is 0 Å². The van der Waals surface area contributed by atoms with Gasteiger partial charge in [-0.2, -0.15) is 4.31 Å². The molecule has 9 heteroatoms. The third-order valence-corrected chi connectivity index (χ3v) is 5.64. The van der Waals surface area contributed by atoms with E-state index < -0.39 is 22.1 Å². The van der Waals surface area contributed by atoms with Crippen LogP contribution in [0.5, 0.6) is 0 Å². The molecule has 1 aliphatic heterocycles. The Bertz CT molecular complexity index is 741. The molecule has 0 spiro atoms. The van der Waals surface area contributed by atoms with Crippen molar-refractivity contribution in [3.63, 3.8) is 0 Å². The molecule has 0 unspecified atom stereocenters. The Kier molecular flexibility index (Phi) is 6.15. The number of likely N-dealkylation sites (N-methyl/N-ethyl adjacent to an activating group) is 1. The number of hydrogen-bond acceptors (Lipinski definition) is 6. The van der Waals surface area contributed by atoms with Crippen molar-refractivity contribution in [3.8, 4) is 0 Å². The highest BCUT2D eigenvalue weighted by Gasteiger charge is 2.27. The maximum atomic E-state index is 12.6. The van der Waals surface area contributed by atoms with Gasteiger partial charge in [0.25, 0.3) is 5.91 Å². The number of benzene rings is 1. The molecule has 0 saturated carbocycles. The van der Waals surface area contributed by atoms with Crippen LogP contribution in [-0.4, -0.2) is 76.0 Å². The number of esters is 1. The smallest absolute Gasteiger partial charge is 0.338 e. The van der Waals surface area contributed by atoms with Gasteiger partial charge in [0, 0.05) is 27.2 Å². The highest BCUT2D eigenvalue weighted by atomic mass is 32.2. The molecule has 0 N–H and O–H groups in total. The standard InChI is InChI=1S/C16H22N2O6S/c1-12(15(19)17(2)3)24-16(20)13-5-4-6-14(11-13)25(21,22)18-7-9-23-10-8-18/h4-6,11-12H,7-10H2,1-3H3/t12-/m0/s1. The first-order valence-corrected chi connectivity index (χ1v) is 9.27. The molecule has 138 valence electrons. The maximum absolute atomic E-state index is 12.6. The number of carbonyl (C=O) groups is 2. The predicted molar refractivity (Wildman–Crippen MR) is 89.6 cm³/mol. The monoisotopic (exact) mass is 370 g/mol. The molecule has 25 heavy (non-hydrogen) atoms. The molecule has 0 bridgehead atoms. The summed E-state index contributed by atoms with van der Waals surface area (Å²) in [5, 5.41) is 0. The van der Waals surface area contributed by atoms with Crippen LogP contribution < -0.4 is 0 Å². The summed E-state index contributed by atoms with van der Waals surface area (Å²) >= 11 is 0. The molecule has 1 aromatic carbocycles. The van der Waals surface area contributed by atoms with Crippen LogP contribution in [0.15, 0.2) is 29.2 Å². The van der Waals surface area contributed by atoms with Gasteiger partial charge in [-0.25, -0.2) is 13.2 Å². The summed E-state index contributed by atoms with van der Waals surface area (Å²) in [6.07, 6.45) is -0.956. The molecular weight excluding hydrogens is 348 g/mol. The molecule has 1 saturated heterocycles. The lowest BCUT2D eigenvalue weighted by molar-refractivity contribution is -0.137. The molecule has 1 fully saturated rings. The number of ether oxygens (including phenoxy) is 2. The highest BCUT2D eigenvalue weighted by molar-refractivity contribution is 7.89. The zero-order valence-electron chi connectivity index (χ0n) is 14.5. The summed E-state index contributed by atoms with van der Waals surface area (Å²) in [6, 6.07) is 5.62. The van der Waals surface area contributed by atoms with Crippen LogP contribution in [0.4, 0.5) is 0 Å². The van der Waals surface area contributed by atoms with Gasteiger partial charge in [-0.15, -0.1) is 0 Å². The van der Waals surface area contributed by atoms with E-state index in [-0.39, 0.29) is 29.5 Å². The topological polar surface area (TPSA) is 93.2 Å². The fraction of sp³-hybridized carbons (Fsp3) is 0.500. The zero-order valence-corrected chi connectivity index (χ0v) is 15.3. The minimum Gasteiger partial charge on any atom is -0.449 e. The predicted octanol–water partition coefficient (Wildman–Crippen LogP) is 0.341. The van der Waals surface area contributed by atoms with Crippen molar-refractivity contribution >= 4 is 21.9 Å².